The van der Waals surface area contributed by atoms with Crippen LogP contribution in [0.5, 0.6) is 0 Å². The van der Waals surface area contributed by atoms with Crippen LogP contribution in [0.2, 0.25) is 0 Å². The molecule has 0 aliphatic heterocycles. The fourth-order valence-corrected chi connectivity index (χ4v) is 1.77. The summed E-state index contributed by atoms with van der Waals surface area (Å²) >= 11 is 0. The number of carbonyl (C=O) groups is 1. The van der Waals surface area contributed by atoms with Crippen molar-refractivity contribution >= 4 is 5.97 Å². The Kier molecular flexibility index (Phi) is 4.91. The molecule has 0 aliphatic carbocycles. The summed E-state index contributed by atoms with van der Waals surface area (Å²) in [6.07, 6.45) is 0.632. The maximum absolute atomic E-state index is 12.0. The normalized spacial score (nSPS) is 13.2. The number of esters is 1. The molecule has 0 saturated carbocycles. The van der Waals surface area contributed by atoms with E-state index in [-0.39, 0.29) is 11.9 Å². The predicted octanol–water partition coefficient (Wildman–Crippen LogP) is 2.45. The summed E-state index contributed by atoms with van der Waals surface area (Å²) in [5.41, 5.74) is 7.53. The second-order valence-electron chi connectivity index (χ2n) is 5.66. The highest BCUT2D eigenvalue weighted by atomic mass is 16.6. The fraction of sp³-hybridized carbons (Fsp3) is 0.533. The van der Waals surface area contributed by atoms with Crippen molar-refractivity contribution in [1.29, 1.82) is 0 Å². The number of aryl methyl sites for hydroxylation is 1. The van der Waals surface area contributed by atoms with Gasteiger partial charge in [0, 0.05) is 6.54 Å². The molecule has 0 fully saturated rings. The van der Waals surface area contributed by atoms with Gasteiger partial charge in [0.15, 0.2) is 0 Å². The van der Waals surface area contributed by atoms with E-state index < -0.39 is 5.60 Å². The highest BCUT2D eigenvalue weighted by Crippen LogP contribution is 2.15. The van der Waals surface area contributed by atoms with Gasteiger partial charge in [0.05, 0.1) is 5.92 Å². The van der Waals surface area contributed by atoms with Crippen molar-refractivity contribution in [3.05, 3.63) is 35.4 Å². The van der Waals surface area contributed by atoms with Gasteiger partial charge in [-0.05, 0) is 39.7 Å². The Morgan fingerprint density at radius 1 is 1.39 bits per heavy atom. The Hall–Kier alpha value is -1.35. The molecule has 0 spiro atoms. The molecule has 0 aliphatic rings. The van der Waals surface area contributed by atoms with Crippen molar-refractivity contribution < 1.29 is 9.53 Å². The fourth-order valence-electron chi connectivity index (χ4n) is 1.77. The molecule has 0 bridgehead atoms. The molecule has 1 atom stereocenters. The molecule has 0 radical (unpaired) electrons. The largest absolute Gasteiger partial charge is 0.460 e. The van der Waals surface area contributed by atoms with Gasteiger partial charge in [-0.25, -0.2) is 0 Å². The Balaban J connectivity index is 2.70. The first-order valence-electron chi connectivity index (χ1n) is 6.30. The zero-order valence-electron chi connectivity index (χ0n) is 11.7. The van der Waals surface area contributed by atoms with Crippen LogP contribution >= 0.6 is 0 Å². The van der Waals surface area contributed by atoms with E-state index in [0.29, 0.717) is 13.0 Å². The van der Waals surface area contributed by atoms with Crippen molar-refractivity contribution in [3.8, 4) is 0 Å². The van der Waals surface area contributed by atoms with E-state index in [0.717, 1.165) is 5.56 Å². The van der Waals surface area contributed by atoms with Crippen LogP contribution in [-0.2, 0) is 16.0 Å². The molecule has 3 nitrogen and oxygen atoms in total. The Morgan fingerprint density at radius 2 is 2.06 bits per heavy atom. The smallest absolute Gasteiger partial charge is 0.311 e. The number of carbonyl (C=O) groups excluding carboxylic acids is 1. The second kappa shape index (κ2) is 6.01. The lowest BCUT2D eigenvalue weighted by atomic mass is 9.98. The lowest BCUT2D eigenvalue weighted by molar-refractivity contribution is -0.159. The van der Waals surface area contributed by atoms with Gasteiger partial charge < -0.3 is 10.5 Å². The number of rotatable bonds is 4. The minimum absolute atomic E-state index is 0.216. The Morgan fingerprint density at radius 3 is 2.56 bits per heavy atom. The molecule has 3 heteroatoms. The van der Waals surface area contributed by atoms with Crippen LogP contribution in [0.3, 0.4) is 0 Å². The molecule has 1 aromatic carbocycles. The van der Waals surface area contributed by atoms with Crippen LogP contribution < -0.4 is 5.73 Å². The maximum atomic E-state index is 12.0. The third kappa shape index (κ3) is 4.88. The molecule has 1 rings (SSSR count). The van der Waals surface area contributed by atoms with E-state index in [1.54, 1.807) is 0 Å². The van der Waals surface area contributed by atoms with Gasteiger partial charge in [-0.1, -0.05) is 29.8 Å². The van der Waals surface area contributed by atoms with Crippen LogP contribution in [0.1, 0.15) is 31.9 Å². The predicted molar refractivity (Wildman–Crippen MR) is 73.3 cm³/mol. The van der Waals surface area contributed by atoms with E-state index in [1.165, 1.54) is 5.56 Å². The zero-order valence-corrected chi connectivity index (χ0v) is 11.7. The summed E-state index contributed by atoms with van der Waals surface area (Å²) in [6, 6.07) is 8.12. The van der Waals surface area contributed by atoms with Crippen molar-refractivity contribution in [3.63, 3.8) is 0 Å². The Bertz CT molecular complexity index is 407. The van der Waals surface area contributed by atoms with Crippen LogP contribution in [0, 0.1) is 12.8 Å². The molecule has 0 aromatic heterocycles. The quantitative estimate of drug-likeness (QED) is 0.834. The summed E-state index contributed by atoms with van der Waals surface area (Å²) in [5, 5.41) is 0. The highest BCUT2D eigenvalue weighted by Gasteiger charge is 2.24. The molecule has 0 heterocycles. The first kappa shape index (κ1) is 14.7. The average Bonchev–Trinajstić information content (AvgIpc) is 2.23. The van der Waals surface area contributed by atoms with Gasteiger partial charge in [-0.2, -0.15) is 0 Å². The van der Waals surface area contributed by atoms with Crippen molar-refractivity contribution in [2.24, 2.45) is 11.7 Å². The molecule has 18 heavy (non-hydrogen) atoms. The van der Waals surface area contributed by atoms with E-state index >= 15 is 0 Å². The minimum Gasteiger partial charge on any atom is -0.460 e. The monoisotopic (exact) mass is 249 g/mol. The molecule has 0 saturated heterocycles. The summed E-state index contributed by atoms with van der Waals surface area (Å²) in [5.74, 6) is -0.488. The van der Waals surface area contributed by atoms with Gasteiger partial charge in [0.25, 0.3) is 0 Å². The third-order valence-electron chi connectivity index (χ3n) is 2.59. The van der Waals surface area contributed by atoms with Crippen LogP contribution in [0.25, 0.3) is 0 Å². The molecular formula is C15H23NO2. The summed E-state index contributed by atoms with van der Waals surface area (Å²) in [4.78, 5) is 12.0. The number of ether oxygens (including phenoxy) is 1. The van der Waals surface area contributed by atoms with Crippen molar-refractivity contribution in [2.45, 2.75) is 39.7 Å². The number of hydrogen-bond donors (Lipinski definition) is 1. The van der Waals surface area contributed by atoms with Crippen LogP contribution in [0.15, 0.2) is 24.3 Å². The van der Waals surface area contributed by atoms with Gasteiger partial charge >= 0.3 is 5.97 Å². The van der Waals surface area contributed by atoms with Crippen LogP contribution in [0.4, 0.5) is 0 Å². The topological polar surface area (TPSA) is 52.3 Å². The first-order valence-corrected chi connectivity index (χ1v) is 6.30. The van der Waals surface area contributed by atoms with Crippen molar-refractivity contribution in [2.75, 3.05) is 6.54 Å². The molecule has 2 N–H and O–H groups in total. The average molecular weight is 249 g/mol. The Labute approximate surface area is 109 Å². The van der Waals surface area contributed by atoms with E-state index in [2.05, 4.69) is 6.07 Å². The standard InChI is InChI=1S/C15H23NO2/c1-11-6-5-7-12(8-11)9-13(10-16)14(17)18-15(2,3)4/h5-8,13H,9-10,16H2,1-4H3. The number of nitrogens with two attached hydrogens (primary N) is 1. The highest BCUT2D eigenvalue weighted by molar-refractivity contribution is 5.73. The number of hydrogen-bond acceptors (Lipinski definition) is 3. The van der Waals surface area contributed by atoms with Gasteiger partial charge in [-0.3, -0.25) is 4.79 Å². The zero-order chi connectivity index (χ0) is 13.8. The summed E-state index contributed by atoms with van der Waals surface area (Å²) in [7, 11) is 0. The third-order valence-corrected chi connectivity index (χ3v) is 2.59. The molecule has 0 amide bonds. The van der Waals surface area contributed by atoms with Gasteiger partial charge in [0.1, 0.15) is 5.60 Å². The van der Waals surface area contributed by atoms with Gasteiger partial charge in [0.2, 0.25) is 0 Å². The van der Waals surface area contributed by atoms with E-state index in [4.69, 9.17) is 10.5 Å². The minimum atomic E-state index is -0.461. The van der Waals surface area contributed by atoms with E-state index in [1.807, 2.05) is 45.9 Å². The maximum Gasteiger partial charge on any atom is 0.311 e. The lowest BCUT2D eigenvalue weighted by Crippen LogP contribution is -2.33. The molecule has 1 aromatic rings. The lowest BCUT2D eigenvalue weighted by Gasteiger charge is -2.23. The SMILES string of the molecule is Cc1cccc(CC(CN)C(=O)OC(C)(C)C)c1. The van der Waals surface area contributed by atoms with E-state index in [9.17, 15) is 4.79 Å². The molecule has 100 valence electrons. The second-order valence-corrected chi connectivity index (χ2v) is 5.66. The van der Waals surface area contributed by atoms with Crippen LogP contribution in [-0.4, -0.2) is 18.1 Å². The number of benzene rings is 1. The summed E-state index contributed by atoms with van der Waals surface area (Å²) < 4.78 is 5.37. The molecule has 1 unspecified atom stereocenters. The van der Waals surface area contributed by atoms with Gasteiger partial charge in [-0.15, -0.1) is 0 Å². The van der Waals surface area contributed by atoms with Crippen molar-refractivity contribution in [1.82, 2.24) is 0 Å². The first-order chi connectivity index (χ1) is 8.31. The molecular weight excluding hydrogens is 226 g/mol. The summed E-state index contributed by atoms with van der Waals surface area (Å²) in [6.45, 7) is 7.94.